The van der Waals surface area contributed by atoms with E-state index in [0.717, 1.165) is 27.1 Å². The first-order valence-electron chi connectivity index (χ1n) is 8.28. The highest BCUT2D eigenvalue weighted by atomic mass is 35.5. The number of ether oxygens (including phenoxy) is 1. The molecule has 0 bridgehead atoms. The Bertz CT molecular complexity index is 1150. The minimum atomic E-state index is 0.420. The van der Waals surface area contributed by atoms with Gasteiger partial charge in [-0.15, -0.1) is 11.3 Å². The fraction of sp³-hybridized carbons (Fsp3) is 0.100. The summed E-state index contributed by atoms with van der Waals surface area (Å²) in [5, 5.41) is 7.56. The second-order valence-corrected chi connectivity index (χ2v) is 8.16. The molecule has 0 unspecified atom stereocenters. The molecule has 4 rings (SSSR count). The number of nitrogens with one attached hydrogen (secondary N) is 1. The van der Waals surface area contributed by atoms with Crippen LogP contribution in [-0.2, 0) is 0 Å². The van der Waals surface area contributed by atoms with E-state index in [1.165, 1.54) is 0 Å². The van der Waals surface area contributed by atoms with Crippen molar-refractivity contribution in [1.82, 2.24) is 9.97 Å². The maximum Gasteiger partial charge on any atom is 0.143 e. The van der Waals surface area contributed by atoms with Crippen molar-refractivity contribution >= 4 is 67.9 Å². The Hall–Kier alpha value is -2.05. The summed E-state index contributed by atoms with van der Waals surface area (Å²) < 4.78 is 5.25. The Kier molecular flexibility index (Phi) is 5.34. The fourth-order valence-electron chi connectivity index (χ4n) is 2.90. The molecule has 0 aliphatic rings. The quantitative estimate of drug-likeness (QED) is 0.352. The summed E-state index contributed by atoms with van der Waals surface area (Å²) in [6.07, 6.45) is 0. The summed E-state index contributed by atoms with van der Waals surface area (Å²) in [6, 6.07) is 11.1. The molecule has 1 N–H and O–H groups in total. The predicted molar refractivity (Wildman–Crippen MR) is 119 cm³/mol. The molecule has 28 heavy (non-hydrogen) atoms. The van der Waals surface area contributed by atoms with Gasteiger partial charge in [-0.3, -0.25) is 0 Å². The van der Waals surface area contributed by atoms with Gasteiger partial charge in [0, 0.05) is 16.0 Å². The zero-order chi connectivity index (χ0) is 19.8. The second-order valence-electron chi connectivity index (χ2n) is 6.05. The maximum absolute atomic E-state index is 6.35. The number of fused-ring (bicyclic) bond motifs is 1. The lowest BCUT2D eigenvalue weighted by Gasteiger charge is -2.13. The number of methoxy groups -OCH3 is 1. The average molecular weight is 451 g/mol. The molecule has 2 aromatic carbocycles. The van der Waals surface area contributed by atoms with Gasteiger partial charge in [0.25, 0.3) is 0 Å². The Morgan fingerprint density at radius 2 is 1.68 bits per heavy atom. The second kappa shape index (κ2) is 7.76. The maximum atomic E-state index is 6.35. The van der Waals surface area contributed by atoms with Crippen LogP contribution in [0.15, 0.2) is 41.8 Å². The number of aryl methyl sites for hydroxylation is 1. The normalized spacial score (nSPS) is 11.0. The van der Waals surface area contributed by atoms with Crippen molar-refractivity contribution in [3.8, 4) is 16.9 Å². The Morgan fingerprint density at radius 3 is 2.32 bits per heavy atom. The van der Waals surface area contributed by atoms with Gasteiger partial charge in [-0.1, -0.05) is 46.9 Å². The van der Waals surface area contributed by atoms with Crippen LogP contribution in [0.1, 0.15) is 5.82 Å². The third kappa shape index (κ3) is 3.63. The Morgan fingerprint density at radius 1 is 1.00 bits per heavy atom. The lowest BCUT2D eigenvalue weighted by atomic mass is 10.1. The van der Waals surface area contributed by atoms with Crippen molar-refractivity contribution < 1.29 is 4.74 Å². The standard InChI is InChI=1S/C20H14Cl3N3OS/c1-10-24-19(26-18-15(22)7-12(21)8-16(18)23)17-14(9-28-20(17)25-10)11-3-5-13(27-2)6-4-11/h3-9H,1-2H3,(H,24,25,26). The zero-order valence-electron chi connectivity index (χ0n) is 14.9. The number of benzene rings is 2. The van der Waals surface area contributed by atoms with E-state index >= 15 is 0 Å². The molecule has 142 valence electrons. The molecule has 0 spiro atoms. The molecule has 0 amide bonds. The minimum absolute atomic E-state index is 0.420. The van der Waals surface area contributed by atoms with E-state index in [2.05, 4.69) is 20.7 Å². The van der Waals surface area contributed by atoms with Crippen LogP contribution in [0.25, 0.3) is 21.3 Å². The van der Waals surface area contributed by atoms with Crippen LogP contribution in [0.2, 0.25) is 15.1 Å². The molecule has 4 nitrogen and oxygen atoms in total. The van der Waals surface area contributed by atoms with Crippen LogP contribution in [0, 0.1) is 6.92 Å². The van der Waals surface area contributed by atoms with E-state index in [9.17, 15) is 0 Å². The van der Waals surface area contributed by atoms with E-state index < -0.39 is 0 Å². The topological polar surface area (TPSA) is 47.0 Å². The Balaban J connectivity index is 1.87. The van der Waals surface area contributed by atoms with Crippen LogP contribution in [0.4, 0.5) is 11.5 Å². The van der Waals surface area contributed by atoms with Crippen LogP contribution >= 0.6 is 46.1 Å². The average Bonchev–Trinajstić information content (AvgIpc) is 3.08. The van der Waals surface area contributed by atoms with Gasteiger partial charge < -0.3 is 10.1 Å². The molecule has 2 heterocycles. The molecule has 0 atom stereocenters. The number of anilines is 2. The van der Waals surface area contributed by atoms with Crippen LogP contribution in [-0.4, -0.2) is 17.1 Å². The molecule has 8 heteroatoms. The van der Waals surface area contributed by atoms with Gasteiger partial charge in [0.15, 0.2) is 0 Å². The first kappa shape index (κ1) is 19.3. The van der Waals surface area contributed by atoms with Crippen molar-refractivity contribution in [1.29, 1.82) is 0 Å². The van der Waals surface area contributed by atoms with E-state index in [1.807, 2.05) is 31.2 Å². The first-order chi connectivity index (χ1) is 13.5. The van der Waals surface area contributed by atoms with E-state index in [-0.39, 0.29) is 0 Å². The van der Waals surface area contributed by atoms with Crippen molar-refractivity contribution in [2.45, 2.75) is 6.92 Å². The number of thiophene rings is 1. The van der Waals surface area contributed by atoms with Crippen molar-refractivity contribution in [2.24, 2.45) is 0 Å². The lowest BCUT2D eigenvalue weighted by molar-refractivity contribution is 0.415. The summed E-state index contributed by atoms with van der Waals surface area (Å²) >= 11 is 20.3. The molecule has 0 fully saturated rings. The zero-order valence-corrected chi connectivity index (χ0v) is 18.0. The molecule has 0 aliphatic heterocycles. The van der Waals surface area contributed by atoms with Gasteiger partial charge in [0.1, 0.15) is 22.2 Å². The summed E-state index contributed by atoms with van der Waals surface area (Å²) in [6.45, 7) is 1.85. The highest BCUT2D eigenvalue weighted by Gasteiger charge is 2.17. The summed E-state index contributed by atoms with van der Waals surface area (Å²) in [5.41, 5.74) is 2.61. The minimum Gasteiger partial charge on any atom is -0.497 e. The van der Waals surface area contributed by atoms with E-state index in [0.29, 0.717) is 32.4 Å². The SMILES string of the molecule is COc1ccc(-c2csc3nc(C)nc(Nc4c(Cl)cc(Cl)cc4Cl)c23)cc1. The van der Waals surface area contributed by atoms with Crippen LogP contribution in [0.3, 0.4) is 0 Å². The van der Waals surface area contributed by atoms with Gasteiger partial charge in [-0.05, 0) is 36.8 Å². The van der Waals surface area contributed by atoms with Gasteiger partial charge in [-0.25, -0.2) is 9.97 Å². The number of rotatable bonds is 4. The highest BCUT2D eigenvalue weighted by molar-refractivity contribution is 7.17. The van der Waals surface area contributed by atoms with Gasteiger partial charge in [0.05, 0.1) is 28.2 Å². The summed E-state index contributed by atoms with van der Waals surface area (Å²) in [5.74, 6) is 2.09. The lowest BCUT2D eigenvalue weighted by Crippen LogP contribution is -1.99. The van der Waals surface area contributed by atoms with E-state index in [1.54, 1.807) is 30.6 Å². The van der Waals surface area contributed by atoms with Gasteiger partial charge in [-0.2, -0.15) is 0 Å². The van der Waals surface area contributed by atoms with Crippen LogP contribution < -0.4 is 10.1 Å². The largest absolute Gasteiger partial charge is 0.497 e. The van der Waals surface area contributed by atoms with Gasteiger partial charge >= 0.3 is 0 Å². The van der Waals surface area contributed by atoms with Gasteiger partial charge in [0.2, 0.25) is 0 Å². The number of hydrogen-bond acceptors (Lipinski definition) is 5. The molecule has 2 aromatic heterocycles. The molecule has 0 saturated carbocycles. The summed E-state index contributed by atoms with van der Waals surface area (Å²) in [4.78, 5) is 10.1. The third-order valence-electron chi connectivity index (χ3n) is 4.20. The summed E-state index contributed by atoms with van der Waals surface area (Å²) in [7, 11) is 1.65. The third-order valence-corrected chi connectivity index (χ3v) is 5.88. The van der Waals surface area contributed by atoms with Crippen molar-refractivity contribution in [2.75, 3.05) is 12.4 Å². The molecule has 0 aliphatic carbocycles. The first-order valence-corrected chi connectivity index (χ1v) is 10.3. The molecular weight excluding hydrogens is 437 g/mol. The van der Waals surface area contributed by atoms with Crippen molar-refractivity contribution in [3.05, 3.63) is 62.7 Å². The number of hydrogen-bond donors (Lipinski definition) is 1. The van der Waals surface area contributed by atoms with E-state index in [4.69, 9.17) is 39.5 Å². The molecular formula is C20H14Cl3N3OS. The smallest absolute Gasteiger partial charge is 0.143 e. The number of halogens is 3. The monoisotopic (exact) mass is 449 g/mol. The molecule has 0 saturated heterocycles. The fourth-order valence-corrected chi connectivity index (χ4v) is 4.81. The van der Waals surface area contributed by atoms with Crippen LogP contribution in [0.5, 0.6) is 5.75 Å². The number of aromatic nitrogens is 2. The highest BCUT2D eigenvalue weighted by Crippen LogP contribution is 2.41. The molecule has 0 radical (unpaired) electrons. The predicted octanol–water partition coefficient (Wildman–Crippen LogP) is 7.38. The number of nitrogens with zero attached hydrogens (tertiary/aromatic N) is 2. The molecule has 4 aromatic rings. The van der Waals surface area contributed by atoms with Crippen molar-refractivity contribution in [3.63, 3.8) is 0 Å². The Labute approximate surface area is 181 Å².